The van der Waals surface area contributed by atoms with E-state index in [9.17, 15) is 4.79 Å². The predicted octanol–water partition coefficient (Wildman–Crippen LogP) is 1.82. The summed E-state index contributed by atoms with van der Waals surface area (Å²) in [6, 6.07) is -0.205. The number of carbonyl (C=O) groups excluding carboxylic acids is 1. The average molecular weight is 242 g/mol. The van der Waals surface area contributed by atoms with E-state index in [4.69, 9.17) is 12.2 Å². The van der Waals surface area contributed by atoms with E-state index in [1.165, 1.54) is 9.58 Å². The summed E-state index contributed by atoms with van der Waals surface area (Å²) in [5.41, 5.74) is 0. The van der Waals surface area contributed by atoms with Crippen LogP contribution < -0.4 is 0 Å². The van der Waals surface area contributed by atoms with Crippen molar-refractivity contribution >= 4 is 18.2 Å². The maximum atomic E-state index is 11.8. The monoisotopic (exact) mass is 242 g/mol. The molecule has 0 aliphatic rings. The first kappa shape index (κ1) is 12.9. The Balaban J connectivity index is 3.05. The van der Waals surface area contributed by atoms with Gasteiger partial charge in [-0.25, -0.2) is 4.79 Å². The number of aromatic nitrogens is 3. The van der Waals surface area contributed by atoms with Crippen LogP contribution in [0, 0.1) is 4.77 Å². The fourth-order valence-electron chi connectivity index (χ4n) is 1.34. The molecular formula is C10H18N4OS. The first-order valence-electron chi connectivity index (χ1n) is 5.35. The minimum absolute atomic E-state index is 0.205. The molecule has 1 rings (SSSR count). The van der Waals surface area contributed by atoms with Gasteiger partial charge >= 0.3 is 6.03 Å². The molecule has 0 aliphatic carbocycles. The molecule has 0 atom stereocenters. The molecule has 1 amide bonds. The molecule has 0 fully saturated rings. The zero-order chi connectivity index (χ0) is 12.3. The Bertz CT molecular complexity index is 433. The van der Waals surface area contributed by atoms with Gasteiger partial charge < -0.3 is 9.47 Å². The number of hydrogen-bond acceptors (Lipinski definition) is 3. The summed E-state index contributed by atoms with van der Waals surface area (Å²) >= 11 is 5.18. The lowest BCUT2D eigenvalue weighted by Gasteiger charge is -2.08. The van der Waals surface area contributed by atoms with Crippen LogP contribution in [0.2, 0.25) is 0 Å². The van der Waals surface area contributed by atoms with Crippen molar-refractivity contribution in [2.45, 2.75) is 26.2 Å². The number of rotatable bonds is 3. The van der Waals surface area contributed by atoms with Crippen molar-refractivity contribution in [3.05, 3.63) is 10.6 Å². The smallest absolute Gasteiger partial charge is 0.329 e. The first-order chi connectivity index (χ1) is 7.49. The summed E-state index contributed by atoms with van der Waals surface area (Å²) in [5, 5.41) is 4.25. The van der Waals surface area contributed by atoms with Crippen molar-refractivity contribution in [3.63, 3.8) is 0 Å². The van der Waals surface area contributed by atoms with E-state index in [-0.39, 0.29) is 6.03 Å². The second-order valence-corrected chi connectivity index (χ2v) is 4.32. The molecule has 0 aromatic carbocycles. The van der Waals surface area contributed by atoms with Gasteiger partial charge in [0, 0.05) is 27.6 Å². The molecule has 0 bridgehead atoms. The molecule has 0 N–H and O–H groups in total. The lowest BCUT2D eigenvalue weighted by Crippen LogP contribution is -2.28. The van der Waals surface area contributed by atoms with Crippen LogP contribution in [0.1, 0.15) is 25.6 Å². The molecule has 0 saturated heterocycles. The summed E-state index contributed by atoms with van der Waals surface area (Å²) in [6.45, 7) is 2.12. The van der Waals surface area contributed by atoms with E-state index in [0.29, 0.717) is 4.77 Å². The maximum Gasteiger partial charge on any atom is 0.346 e. The quantitative estimate of drug-likeness (QED) is 0.759. The second kappa shape index (κ2) is 5.25. The molecule has 1 aromatic heterocycles. The highest BCUT2D eigenvalue weighted by Gasteiger charge is 2.14. The summed E-state index contributed by atoms with van der Waals surface area (Å²) in [6.07, 6.45) is 3.00. The lowest BCUT2D eigenvalue weighted by atomic mass is 10.2. The van der Waals surface area contributed by atoms with E-state index >= 15 is 0 Å². The number of aryl methyl sites for hydroxylation is 1. The molecule has 0 aliphatic heterocycles. The number of nitrogens with zero attached hydrogens (tertiary/aromatic N) is 4. The zero-order valence-corrected chi connectivity index (χ0v) is 11.0. The molecule has 0 saturated carbocycles. The van der Waals surface area contributed by atoms with Gasteiger partial charge in [0.1, 0.15) is 5.82 Å². The van der Waals surface area contributed by atoms with Crippen LogP contribution in [0.4, 0.5) is 4.79 Å². The first-order valence-corrected chi connectivity index (χ1v) is 5.76. The molecular weight excluding hydrogens is 224 g/mol. The fraction of sp³-hybridized carbons (Fsp3) is 0.700. The van der Waals surface area contributed by atoms with Gasteiger partial charge in [0.25, 0.3) is 0 Å². The number of hydrogen-bond donors (Lipinski definition) is 0. The van der Waals surface area contributed by atoms with Crippen LogP contribution in [0.25, 0.3) is 0 Å². The number of amides is 1. The molecule has 5 nitrogen and oxygen atoms in total. The van der Waals surface area contributed by atoms with Gasteiger partial charge in [-0.05, 0) is 18.6 Å². The van der Waals surface area contributed by atoms with Crippen LogP contribution in [0.15, 0.2) is 0 Å². The van der Waals surface area contributed by atoms with Gasteiger partial charge in [0.2, 0.25) is 4.77 Å². The third-order valence-electron chi connectivity index (χ3n) is 2.39. The minimum Gasteiger partial charge on any atom is -0.329 e. The third-order valence-corrected chi connectivity index (χ3v) is 2.84. The molecule has 90 valence electrons. The summed E-state index contributed by atoms with van der Waals surface area (Å²) in [5.74, 6) is 0.863. The zero-order valence-electron chi connectivity index (χ0n) is 10.2. The Morgan fingerprint density at radius 1 is 1.50 bits per heavy atom. The van der Waals surface area contributed by atoms with Gasteiger partial charge in [0.15, 0.2) is 0 Å². The number of carbonyl (C=O) groups is 1. The molecule has 1 heterocycles. The fourth-order valence-corrected chi connectivity index (χ4v) is 1.57. The van der Waals surface area contributed by atoms with Crippen LogP contribution in [0.3, 0.4) is 0 Å². The van der Waals surface area contributed by atoms with Crippen LogP contribution >= 0.6 is 12.2 Å². The largest absolute Gasteiger partial charge is 0.346 e. The van der Waals surface area contributed by atoms with Crippen molar-refractivity contribution in [2.24, 2.45) is 7.05 Å². The second-order valence-electron chi connectivity index (χ2n) is 3.95. The Kier molecular flexibility index (Phi) is 4.23. The van der Waals surface area contributed by atoms with Crippen LogP contribution in [0.5, 0.6) is 0 Å². The van der Waals surface area contributed by atoms with Crippen molar-refractivity contribution in [3.8, 4) is 0 Å². The van der Waals surface area contributed by atoms with Crippen molar-refractivity contribution in [1.29, 1.82) is 0 Å². The van der Waals surface area contributed by atoms with E-state index in [1.54, 1.807) is 18.7 Å². The van der Waals surface area contributed by atoms with Crippen LogP contribution in [-0.2, 0) is 13.5 Å². The maximum absolute atomic E-state index is 11.8. The predicted molar refractivity (Wildman–Crippen MR) is 65.1 cm³/mol. The van der Waals surface area contributed by atoms with E-state index in [0.717, 1.165) is 25.1 Å². The Morgan fingerprint density at radius 2 is 2.12 bits per heavy atom. The van der Waals surface area contributed by atoms with Gasteiger partial charge in [-0.3, -0.25) is 0 Å². The molecule has 0 unspecified atom stereocenters. The van der Waals surface area contributed by atoms with Crippen LogP contribution in [-0.4, -0.2) is 39.4 Å². The lowest BCUT2D eigenvalue weighted by molar-refractivity contribution is 0.215. The molecule has 1 aromatic rings. The normalized spacial score (nSPS) is 10.5. The topological polar surface area (TPSA) is 43.1 Å². The minimum atomic E-state index is -0.205. The van der Waals surface area contributed by atoms with E-state index in [1.807, 2.05) is 7.05 Å². The molecule has 6 heteroatoms. The van der Waals surface area contributed by atoms with Crippen molar-refractivity contribution in [2.75, 3.05) is 14.1 Å². The number of unbranched alkanes of at least 4 members (excludes halogenated alkanes) is 1. The molecule has 0 spiro atoms. The van der Waals surface area contributed by atoms with Gasteiger partial charge in [0.05, 0.1) is 0 Å². The van der Waals surface area contributed by atoms with Gasteiger partial charge in [-0.15, -0.1) is 5.10 Å². The van der Waals surface area contributed by atoms with E-state index < -0.39 is 0 Å². The summed E-state index contributed by atoms with van der Waals surface area (Å²) in [4.78, 5) is 13.2. The summed E-state index contributed by atoms with van der Waals surface area (Å²) < 4.78 is 3.53. The van der Waals surface area contributed by atoms with Crippen molar-refractivity contribution in [1.82, 2.24) is 19.2 Å². The van der Waals surface area contributed by atoms with E-state index in [2.05, 4.69) is 12.0 Å². The average Bonchev–Trinajstić information content (AvgIpc) is 2.52. The SMILES string of the molecule is CCCCc1nn(C(=O)N(C)C)c(=S)n1C. The highest BCUT2D eigenvalue weighted by molar-refractivity contribution is 7.71. The molecule has 0 radical (unpaired) electrons. The highest BCUT2D eigenvalue weighted by atomic mass is 32.1. The molecule has 16 heavy (non-hydrogen) atoms. The Labute approximate surface area is 101 Å². The third kappa shape index (κ3) is 2.49. The Morgan fingerprint density at radius 3 is 2.62 bits per heavy atom. The van der Waals surface area contributed by atoms with Gasteiger partial charge in [-0.2, -0.15) is 4.68 Å². The summed E-state index contributed by atoms with van der Waals surface area (Å²) in [7, 11) is 5.22. The van der Waals surface area contributed by atoms with Gasteiger partial charge in [-0.1, -0.05) is 13.3 Å². The highest BCUT2D eigenvalue weighted by Crippen LogP contribution is 2.04. The standard InChI is InChI=1S/C10H18N4OS/c1-5-6-7-8-11-14(9(15)12(2)3)10(16)13(8)4/h5-7H2,1-4H3. The van der Waals surface area contributed by atoms with Crippen molar-refractivity contribution < 1.29 is 4.79 Å². The Hall–Kier alpha value is -1.17.